The molecule has 1 saturated carbocycles. The topological polar surface area (TPSA) is 41.1 Å². The molecule has 1 heterocycles. The molecule has 1 aliphatic carbocycles. The van der Waals surface area contributed by atoms with E-state index in [1.54, 1.807) is 0 Å². The molecule has 3 nitrogen and oxygen atoms in total. The third-order valence-corrected chi connectivity index (χ3v) is 5.39. The molecule has 1 aliphatic heterocycles. The Morgan fingerprint density at radius 1 is 1.21 bits per heavy atom. The Hall–Kier alpha value is -1.13. The summed E-state index contributed by atoms with van der Waals surface area (Å²) in [6, 6.07) is 7.06. The number of amides is 1. The molecule has 0 aromatic heterocycles. The van der Waals surface area contributed by atoms with E-state index in [4.69, 9.17) is 0 Å². The molecule has 0 radical (unpaired) electrons. The maximum absolute atomic E-state index is 13.2. The lowest BCUT2D eigenvalue weighted by Gasteiger charge is -2.31. The molecule has 1 saturated heterocycles. The van der Waals surface area contributed by atoms with Crippen molar-refractivity contribution in [2.45, 2.75) is 57.5 Å². The fourth-order valence-corrected chi connectivity index (χ4v) is 4.08. The Balaban J connectivity index is 0.00000208. The normalized spacial score (nSPS) is 25.8. The molecule has 1 unspecified atom stereocenters. The Bertz CT molecular complexity index is 531. The van der Waals surface area contributed by atoms with Crippen LogP contribution in [0.15, 0.2) is 24.3 Å². The van der Waals surface area contributed by atoms with Crippen molar-refractivity contribution in [1.82, 2.24) is 10.6 Å². The van der Waals surface area contributed by atoms with Crippen LogP contribution in [-0.2, 0) is 4.79 Å². The van der Waals surface area contributed by atoms with E-state index < -0.39 is 0 Å². The highest BCUT2D eigenvalue weighted by molar-refractivity contribution is 5.85. The van der Waals surface area contributed by atoms with E-state index >= 15 is 0 Å². The molecule has 3 atom stereocenters. The van der Waals surface area contributed by atoms with Gasteiger partial charge in [0, 0.05) is 12.0 Å². The highest BCUT2D eigenvalue weighted by atomic mass is 35.5. The SMILES string of the molecule is C[C@H]1C[C@@H](C(=O)NC(c2ccc(F)cc2)C2CCCC2)CCN1.Cl. The number of halogens is 2. The van der Waals surface area contributed by atoms with Crippen LogP contribution in [0.25, 0.3) is 0 Å². The number of piperidine rings is 1. The first-order chi connectivity index (χ1) is 11.1. The van der Waals surface area contributed by atoms with Gasteiger partial charge in [0.1, 0.15) is 5.82 Å². The molecule has 2 fully saturated rings. The molecule has 0 spiro atoms. The summed E-state index contributed by atoms with van der Waals surface area (Å²) in [5.74, 6) is 0.510. The molecule has 2 N–H and O–H groups in total. The van der Waals surface area contributed by atoms with Crippen LogP contribution in [0.4, 0.5) is 4.39 Å². The van der Waals surface area contributed by atoms with Crippen molar-refractivity contribution in [2.75, 3.05) is 6.54 Å². The van der Waals surface area contributed by atoms with E-state index in [2.05, 4.69) is 17.6 Å². The average Bonchev–Trinajstić information content (AvgIpc) is 3.07. The lowest BCUT2D eigenvalue weighted by molar-refractivity contribution is -0.127. The van der Waals surface area contributed by atoms with Gasteiger partial charge < -0.3 is 10.6 Å². The molecule has 1 aromatic rings. The Labute approximate surface area is 150 Å². The summed E-state index contributed by atoms with van der Waals surface area (Å²) in [7, 11) is 0. The summed E-state index contributed by atoms with van der Waals surface area (Å²) in [6.45, 7) is 3.04. The highest BCUT2D eigenvalue weighted by Gasteiger charge is 2.31. The first-order valence-electron chi connectivity index (χ1n) is 8.92. The number of benzene rings is 1. The van der Waals surface area contributed by atoms with Crippen LogP contribution >= 0.6 is 12.4 Å². The molecule has 24 heavy (non-hydrogen) atoms. The minimum atomic E-state index is -0.225. The quantitative estimate of drug-likeness (QED) is 0.858. The van der Waals surface area contributed by atoms with E-state index in [0.29, 0.717) is 12.0 Å². The van der Waals surface area contributed by atoms with Crippen molar-refractivity contribution in [3.8, 4) is 0 Å². The fourth-order valence-electron chi connectivity index (χ4n) is 4.08. The van der Waals surface area contributed by atoms with Crippen LogP contribution in [0.3, 0.4) is 0 Å². The predicted octanol–water partition coefficient (Wildman–Crippen LogP) is 3.98. The van der Waals surface area contributed by atoms with Gasteiger partial charge in [0.2, 0.25) is 5.91 Å². The van der Waals surface area contributed by atoms with Crippen molar-refractivity contribution in [3.05, 3.63) is 35.6 Å². The van der Waals surface area contributed by atoms with Crippen LogP contribution in [0.1, 0.15) is 57.1 Å². The first kappa shape index (κ1) is 19.2. The molecular weight excluding hydrogens is 327 g/mol. The maximum Gasteiger partial charge on any atom is 0.223 e. The van der Waals surface area contributed by atoms with Crippen molar-refractivity contribution < 1.29 is 9.18 Å². The van der Waals surface area contributed by atoms with Crippen molar-refractivity contribution >= 4 is 18.3 Å². The largest absolute Gasteiger partial charge is 0.349 e. The zero-order chi connectivity index (χ0) is 16.2. The van der Waals surface area contributed by atoms with Crippen molar-refractivity contribution in [1.29, 1.82) is 0 Å². The van der Waals surface area contributed by atoms with E-state index in [-0.39, 0.29) is 36.1 Å². The second kappa shape index (κ2) is 8.82. The summed E-state index contributed by atoms with van der Waals surface area (Å²) in [4.78, 5) is 12.7. The second-order valence-electron chi connectivity index (χ2n) is 7.16. The van der Waals surface area contributed by atoms with Gasteiger partial charge in [-0.1, -0.05) is 25.0 Å². The summed E-state index contributed by atoms with van der Waals surface area (Å²) in [5.41, 5.74) is 1.04. The van der Waals surface area contributed by atoms with Crippen LogP contribution in [0.5, 0.6) is 0 Å². The molecule has 2 aliphatic rings. The molecule has 1 amide bonds. The number of hydrogen-bond donors (Lipinski definition) is 2. The zero-order valence-electron chi connectivity index (χ0n) is 14.3. The number of carbonyl (C=O) groups excluding carboxylic acids is 1. The molecule has 5 heteroatoms. The Kier molecular flexibility index (Phi) is 7.05. The Morgan fingerprint density at radius 3 is 2.50 bits per heavy atom. The van der Waals surface area contributed by atoms with Crippen LogP contribution < -0.4 is 10.6 Å². The lowest BCUT2D eigenvalue weighted by Crippen LogP contribution is -2.44. The van der Waals surface area contributed by atoms with Gasteiger partial charge in [-0.05, 0) is 62.8 Å². The molecule has 3 rings (SSSR count). The number of carbonyl (C=O) groups is 1. The smallest absolute Gasteiger partial charge is 0.223 e. The van der Waals surface area contributed by atoms with Crippen LogP contribution in [0, 0.1) is 17.7 Å². The van der Waals surface area contributed by atoms with Crippen LogP contribution in [0.2, 0.25) is 0 Å². The molecule has 134 valence electrons. The fraction of sp³-hybridized carbons (Fsp3) is 0.632. The Morgan fingerprint density at radius 2 is 1.88 bits per heavy atom. The minimum Gasteiger partial charge on any atom is -0.349 e. The maximum atomic E-state index is 13.2. The standard InChI is InChI=1S/C19H27FN2O.ClH/c1-13-12-16(10-11-21-13)19(23)22-18(14-4-2-3-5-14)15-6-8-17(20)9-7-15;/h6-9,13-14,16,18,21H,2-5,10-12H2,1H3,(H,22,23);1H/t13-,16-,18?;/m0./s1. The molecule has 0 bridgehead atoms. The average molecular weight is 355 g/mol. The number of hydrogen-bond acceptors (Lipinski definition) is 2. The first-order valence-corrected chi connectivity index (χ1v) is 8.92. The van der Waals surface area contributed by atoms with E-state index in [1.165, 1.54) is 25.0 Å². The number of rotatable bonds is 4. The summed E-state index contributed by atoms with van der Waals surface area (Å²) < 4.78 is 13.2. The molecule has 1 aromatic carbocycles. The predicted molar refractivity (Wildman–Crippen MR) is 96.7 cm³/mol. The van der Waals surface area contributed by atoms with Gasteiger partial charge in [0.05, 0.1) is 6.04 Å². The summed E-state index contributed by atoms with van der Waals surface area (Å²) in [6.07, 6.45) is 6.53. The lowest BCUT2D eigenvalue weighted by atomic mass is 9.88. The van der Waals surface area contributed by atoms with Crippen molar-refractivity contribution in [3.63, 3.8) is 0 Å². The summed E-state index contributed by atoms with van der Waals surface area (Å²) >= 11 is 0. The summed E-state index contributed by atoms with van der Waals surface area (Å²) in [5, 5.41) is 6.69. The van der Waals surface area contributed by atoms with Gasteiger partial charge in [-0.15, -0.1) is 12.4 Å². The molecular formula is C19H28ClFN2O. The van der Waals surface area contributed by atoms with Gasteiger partial charge in [0.25, 0.3) is 0 Å². The van der Waals surface area contributed by atoms with Gasteiger partial charge in [-0.25, -0.2) is 4.39 Å². The van der Waals surface area contributed by atoms with Gasteiger partial charge in [-0.2, -0.15) is 0 Å². The highest BCUT2D eigenvalue weighted by Crippen LogP contribution is 2.36. The number of nitrogens with one attached hydrogen (secondary N) is 2. The monoisotopic (exact) mass is 354 g/mol. The van der Waals surface area contributed by atoms with Crippen LogP contribution in [-0.4, -0.2) is 18.5 Å². The van der Waals surface area contributed by atoms with E-state index in [1.807, 2.05) is 12.1 Å². The van der Waals surface area contributed by atoms with E-state index in [9.17, 15) is 9.18 Å². The van der Waals surface area contributed by atoms with Gasteiger partial charge in [-0.3, -0.25) is 4.79 Å². The third kappa shape index (κ3) is 4.70. The van der Waals surface area contributed by atoms with Crippen molar-refractivity contribution in [2.24, 2.45) is 11.8 Å². The minimum absolute atomic E-state index is 0. The zero-order valence-corrected chi connectivity index (χ0v) is 15.1. The van der Waals surface area contributed by atoms with Gasteiger partial charge in [0.15, 0.2) is 0 Å². The van der Waals surface area contributed by atoms with E-state index in [0.717, 1.165) is 37.8 Å². The third-order valence-electron chi connectivity index (χ3n) is 5.39. The second-order valence-corrected chi connectivity index (χ2v) is 7.16. The van der Waals surface area contributed by atoms with Gasteiger partial charge >= 0.3 is 0 Å².